The minimum Gasteiger partial charge on any atom is -0.325 e. The first kappa shape index (κ1) is 16.0. The van der Waals surface area contributed by atoms with Gasteiger partial charge >= 0.3 is 0 Å². The van der Waals surface area contributed by atoms with Crippen LogP contribution < -0.4 is 5.32 Å². The van der Waals surface area contributed by atoms with Gasteiger partial charge in [0, 0.05) is 21.8 Å². The van der Waals surface area contributed by atoms with Crippen LogP contribution >= 0.6 is 10.7 Å². The molecule has 0 saturated carbocycles. The summed E-state index contributed by atoms with van der Waals surface area (Å²) < 4.78 is 22.4. The van der Waals surface area contributed by atoms with E-state index in [9.17, 15) is 13.2 Å². The highest BCUT2D eigenvalue weighted by molar-refractivity contribution is 8.13. The number of aryl methyl sites for hydroxylation is 1. The molecule has 0 aliphatic heterocycles. The average molecular weight is 304 g/mol. The van der Waals surface area contributed by atoms with Gasteiger partial charge in [-0.3, -0.25) is 4.79 Å². The predicted octanol–water partition coefficient (Wildman–Crippen LogP) is 3.30. The molecule has 0 fully saturated rings. The zero-order valence-corrected chi connectivity index (χ0v) is 13.0. The molecule has 0 aromatic heterocycles. The van der Waals surface area contributed by atoms with E-state index in [-0.39, 0.29) is 10.8 Å². The van der Waals surface area contributed by atoms with Crippen LogP contribution in [0.3, 0.4) is 0 Å². The number of carbonyl (C=O) groups excluding carboxylic acids is 1. The zero-order chi connectivity index (χ0) is 14.8. The Labute approximate surface area is 118 Å². The van der Waals surface area contributed by atoms with Crippen molar-refractivity contribution >= 4 is 31.3 Å². The molecule has 19 heavy (non-hydrogen) atoms. The maximum atomic E-state index is 12.0. The van der Waals surface area contributed by atoms with Gasteiger partial charge in [0.25, 0.3) is 9.05 Å². The first-order chi connectivity index (χ1) is 8.58. The van der Waals surface area contributed by atoms with Crippen molar-refractivity contribution in [2.24, 2.45) is 5.41 Å². The Morgan fingerprint density at radius 2 is 1.95 bits per heavy atom. The third-order valence-electron chi connectivity index (χ3n) is 3.23. The van der Waals surface area contributed by atoms with Crippen molar-refractivity contribution in [3.8, 4) is 0 Å². The SMILES string of the molecule is CCC(C)(C)C(=O)Nc1ccc(S(=O)(=O)Cl)cc1C. The number of nitrogens with one attached hydrogen (secondary N) is 1. The number of halogens is 1. The van der Waals surface area contributed by atoms with E-state index in [0.29, 0.717) is 17.7 Å². The summed E-state index contributed by atoms with van der Waals surface area (Å²) in [6.07, 6.45) is 0.714. The van der Waals surface area contributed by atoms with Crippen LogP contribution in [0.5, 0.6) is 0 Å². The lowest BCUT2D eigenvalue weighted by atomic mass is 9.89. The standard InChI is InChI=1S/C13H18ClNO3S/c1-5-13(3,4)12(16)15-11-7-6-10(8-9(11)2)19(14,17)18/h6-8H,5H2,1-4H3,(H,15,16). The molecule has 1 N–H and O–H groups in total. The molecular weight excluding hydrogens is 286 g/mol. The molecule has 6 heteroatoms. The summed E-state index contributed by atoms with van der Waals surface area (Å²) >= 11 is 0. The minimum atomic E-state index is -3.74. The van der Waals surface area contributed by atoms with Crippen LogP contribution in [0.15, 0.2) is 23.1 Å². The van der Waals surface area contributed by atoms with E-state index < -0.39 is 14.5 Å². The third kappa shape index (κ3) is 3.94. The third-order valence-corrected chi connectivity index (χ3v) is 4.58. The van der Waals surface area contributed by atoms with Crippen LogP contribution in [-0.2, 0) is 13.8 Å². The Morgan fingerprint density at radius 1 is 1.37 bits per heavy atom. The van der Waals surface area contributed by atoms with Crippen LogP contribution in [0.25, 0.3) is 0 Å². The maximum absolute atomic E-state index is 12.0. The van der Waals surface area contributed by atoms with E-state index in [1.54, 1.807) is 13.0 Å². The molecule has 0 spiro atoms. The molecule has 1 rings (SSSR count). The van der Waals surface area contributed by atoms with Crippen molar-refractivity contribution in [2.75, 3.05) is 5.32 Å². The van der Waals surface area contributed by atoms with E-state index >= 15 is 0 Å². The second kappa shape index (κ2) is 5.51. The molecule has 0 heterocycles. The van der Waals surface area contributed by atoms with Gasteiger partial charge in [-0.05, 0) is 37.1 Å². The van der Waals surface area contributed by atoms with E-state index in [1.165, 1.54) is 12.1 Å². The fraction of sp³-hybridized carbons (Fsp3) is 0.462. The number of benzene rings is 1. The van der Waals surface area contributed by atoms with Gasteiger partial charge in [0.15, 0.2) is 0 Å². The average Bonchev–Trinajstić information content (AvgIpc) is 2.30. The fourth-order valence-corrected chi connectivity index (χ4v) is 2.22. The number of rotatable bonds is 4. The van der Waals surface area contributed by atoms with Crippen molar-refractivity contribution in [1.29, 1.82) is 0 Å². The molecule has 0 unspecified atom stereocenters. The van der Waals surface area contributed by atoms with Crippen LogP contribution in [0.2, 0.25) is 0 Å². The summed E-state index contributed by atoms with van der Waals surface area (Å²) in [5, 5.41) is 2.80. The topological polar surface area (TPSA) is 63.2 Å². The number of carbonyl (C=O) groups is 1. The lowest BCUT2D eigenvalue weighted by Gasteiger charge is -2.22. The van der Waals surface area contributed by atoms with Gasteiger partial charge in [-0.15, -0.1) is 0 Å². The fourth-order valence-electron chi connectivity index (χ4n) is 1.38. The molecule has 0 aliphatic carbocycles. The van der Waals surface area contributed by atoms with Crippen LogP contribution in [0.1, 0.15) is 32.8 Å². The first-order valence-corrected chi connectivity index (χ1v) is 8.25. The highest BCUT2D eigenvalue weighted by Gasteiger charge is 2.25. The molecule has 1 aromatic carbocycles. The van der Waals surface area contributed by atoms with Gasteiger partial charge in [-0.1, -0.05) is 20.8 Å². The maximum Gasteiger partial charge on any atom is 0.261 e. The van der Waals surface area contributed by atoms with Crippen LogP contribution in [0, 0.1) is 12.3 Å². The first-order valence-electron chi connectivity index (χ1n) is 5.94. The second-order valence-electron chi connectivity index (χ2n) is 5.11. The molecule has 1 amide bonds. The molecular formula is C13H18ClNO3S. The summed E-state index contributed by atoms with van der Waals surface area (Å²) in [5.41, 5.74) is 0.779. The van der Waals surface area contributed by atoms with Crippen molar-refractivity contribution < 1.29 is 13.2 Å². The molecule has 4 nitrogen and oxygen atoms in total. The molecule has 0 atom stereocenters. The van der Waals surface area contributed by atoms with Gasteiger partial charge in [0.1, 0.15) is 0 Å². The summed E-state index contributed by atoms with van der Waals surface area (Å²) in [4.78, 5) is 12.1. The summed E-state index contributed by atoms with van der Waals surface area (Å²) in [5.74, 6) is -0.0976. The lowest BCUT2D eigenvalue weighted by molar-refractivity contribution is -0.124. The summed E-state index contributed by atoms with van der Waals surface area (Å²) in [6, 6.07) is 4.37. The van der Waals surface area contributed by atoms with Crippen molar-refractivity contribution in [3.63, 3.8) is 0 Å². The quantitative estimate of drug-likeness (QED) is 0.868. The molecule has 0 saturated heterocycles. The van der Waals surface area contributed by atoms with E-state index in [0.717, 1.165) is 0 Å². The molecule has 106 valence electrons. The van der Waals surface area contributed by atoms with Gasteiger partial charge in [0.05, 0.1) is 4.90 Å². The Balaban J connectivity index is 3.03. The predicted molar refractivity (Wildman–Crippen MR) is 76.9 cm³/mol. The van der Waals surface area contributed by atoms with Crippen molar-refractivity contribution in [1.82, 2.24) is 0 Å². The van der Waals surface area contributed by atoms with Crippen molar-refractivity contribution in [2.45, 2.75) is 39.0 Å². The van der Waals surface area contributed by atoms with Gasteiger partial charge in [-0.25, -0.2) is 8.42 Å². The summed E-state index contributed by atoms with van der Waals surface area (Å²) in [7, 11) is 1.52. The van der Waals surface area contributed by atoms with Gasteiger partial charge in [-0.2, -0.15) is 0 Å². The smallest absolute Gasteiger partial charge is 0.261 e. The lowest BCUT2D eigenvalue weighted by Crippen LogP contribution is -2.30. The Hall–Kier alpha value is -1.07. The Morgan fingerprint density at radius 3 is 2.37 bits per heavy atom. The highest BCUT2D eigenvalue weighted by atomic mass is 35.7. The van der Waals surface area contributed by atoms with Gasteiger partial charge < -0.3 is 5.32 Å². The van der Waals surface area contributed by atoms with E-state index in [2.05, 4.69) is 5.32 Å². The van der Waals surface area contributed by atoms with E-state index in [1.807, 2.05) is 20.8 Å². The number of amides is 1. The minimum absolute atomic E-state index is 0.0272. The summed E-state index contributed by atoms with van der Waals surface area (Å²) in [6.45, 7) is 7.38. The van der Waals surface area contributed by atoms with Gasteiger partial charge in [0.2, 0.25) is 5.91 Å². The number of hydrogen-bond acceptors (Lipinski definition) is 3. The Bertz CT molecular complexity index is 594. The molecule has 0 aliphatic rings. The second-order valence-corrected chi connectivity index (χ2v) is 7.67. The largest absolute Gasteiger partial charge is 0.325 e. The van der Waals surface area contributed by atoms with Crippen molar-refractivity contribution in [3.05, 3.63) is 23.8 Å². The number of hydrogen-bond donors (Lipinski definition) is 1. The Kier molecular flexibility index (Phi) is 4.63. The zero-order valence-electron chi connectivity index (χ0n) is 11.5. The molecule has 0 bridgehead atoms. The van der Waals surface area contributed by atoms with Crippen LogP contribution in [0.4, 0.5) is 5.69 Å². The molecule has 1 aromatic rings. The van der Waals surface area contributed by atoms with Crippen LogP contribution in [-0.4, -0.2) is 14.3 Å². The van der Waals surface area contributed by atoms with E-state index in [4.69, 9.17) is 10.7 Å². The number of anilines is 1. The normalized spacial score (nSPS) is 12.3. The monoisotopic (exact) mass is 303 g/mol. The molecule has 0 radical (unpaired) electrons. The highest BCUT2D eigenvalue weighted by Crippen LogP contribution is 2.26.